The molecule has 164 valence electrons. The Morgan fingerprint density at radius 2 is 1.84 bits per heavy atom. The van der Waals surface area contributed by atoms with Gasteiger partial charge in [-0.3, -0.25) is 0 Å². The van der Waals surface area contributed by atoms with Crippen LogP contribution < -0.4 is 9.80 Å². The number of aromatic nitrogens is 3. The van der Waals surface area contributed by atoms with Crippen molar-refractivity contribution in [1.29, 1.82) is 0 Å². The van der Waals surface area contributed by atoms with Gasteiger partial charge in [0.2, 0.25) is 0 Å². The minimum absolute atomic E-state index is 0.229. The first-order valence-corrected chi connectivity index (χ1v) is 11.4. The van der Waals surface area contributed by atoms with Gasteiger partial charge >= 0.3 is 0 Å². The van der Waals surface area contributed by atoms with E-state index in [0.717, 1.165) is 77.0 Å². The summed E-state index contributed by atoms with van der Waals surface area (Å²) in [5, 5.41) is 11.1. The summed E-state index contributed by atoms with van der Waals surface area (Å²) in [7, 11) is 0. The van der Waals surface area contributed by atoms with Crippen molar-refractivity contribution in [2.24, 2.45) is 0 Å². The molecule has 0 saturated carbocycles. The molecular weight excluding hydrogens is 422 g/mol. The predicted octanol–water partition coefficient (Wildman–Crippen LogP) is 2.75. The van der Waals surface area contributed by atoms with Crippen LogP contribution in [-0.2, 0) is 0 Å². The van der Waals surface area contributed by atoms with Crippen molar-refractivity contribution in [3.63, 3.8) is 0 Å². The highest BCUT2D eigenvalue weighted by atomic mass is 35.5. The quantitative estimate of drug-likeness (QED) is 0.493. The molecule has 0 amide bonds. The van der Waals surface area contributed by atoms with Gasteiger partial charge in [0, 0.05) is 22.5 Å². The zero-order valence-electron chi connectivity index (χ0n) is 18.1. The summed E-state index contributed by atoms with van der Waals surface area (Å²) < 4.78 is 2.11. The number of hydrogen-bond acceptors (Lipinski definition) is 4. The predicted molar refractivity (Wildman–Crippen MR) is 129 cm³/mol. The van der Waals surface area contributed by atoms with Gasteiger partial charge in [-0.25, -0.2) is 9.97 Å². The zero-order chi connectivity index (χ0) is 22.1. The van der Waals surface area contributed by atoms with Crippen LogP contribution >= 0.6 is 11.6 Å². The summed E-state index contributed by atoms with van der Waals surface area (Å²) in [5.74, 6) is 0.967. The molecule has 0 aliphatic carbocycles. The number of aliphatic hydroxyl groups is 1. The maximum atomic E-state index is 9.29. The van der Waals surface area contributed by atoms with Gasteiger partial charge in [0.05, 0.1) is 38.2 Å². The lowest BCUT2D eigenvalue weighted by molar-refractivity contribution is -0.900. The summed E-state index contributed by atoms with van der Waals surface area (Å²) in [6, 6.07) is 16.5. The summed E-state index contributed by atoms with van der Waals surface area (Å²) in [6.45, 7) is 6.81. The fourth-order valence-corrected chi connectivity index (χ4v) is 4.67. The van der Waals surface area contributed by atoms with Crippen LogP contribution in [-0.4, -0.2) is 59.0 Å². The number of aryl methyl sites for hydroxylation is 1. The summed E-state index contributed by atoms with van der Waals surface area (Å²) in [5.41, 5.74) is 5.15. The normalized spacial score (nSPS) is 14.9. The Hall–Kier alpha value is -2.93. The maximum absolute atomic E-state index is 9.29. The Morgan fingerprint density at radius 1 is 1.06 bits per heavy atom. The third kappa shape index (κ3) is 3.86. The van der Waals surface area contributed by atoms with Gasteiger partial charge < -0.3 is 19.5 Å². The zero-order valence-corrected chi connectivity index (χ0v) is 18.9. The molecule has 0 spiro atoms. The van der Waals surface area contributed by atoms with Gasteiger partial charge in [0.25, 0.3) is 0 Å². The van der Waals surface area contributed by atoms with E-state index in [1.165, 1.54) is 4.90 Å². The van der Waals surface area contributed by atoms with Crippen LogP contribution in [0.3, 0.4) is 0 Å². The Balaban J connectivity index is 1.66. The van der Waals surface area contributed by atoms with Crippen LogP contribution in [0, 0.1) is 6.92 Å². The molecule has 1 aliphatic rings. The Morgan fingerprint density at radius 3 is 2.56 bits per heavy atom. The molecule has 3 heterocycles. The smallest absolute Gasteiger partial charge is 0.150 e. The summed E-state index contributed by atoms with van der Waals surface area (Å²) in [6.07, 6.45) is 3.80. The highest BCUT2D eigenvalue weighted by Gasteiger charge is 2.25. The van der Waals surface area contributed by atoms with Crippen molar-refractivity contribution < 1.29 is 10.0 Å². The van der Waals surface area contributed by atoms with E-state index in [9.17, 15) is 5.11 Å². The van der Waals surface area contributed by atoms with Crippen LogP contribution in [0.2, 0.25) is 5.02 Å². The molecule has 0 unspecified atom stereocenters. The third-order valence-electron chi connectivity index (χ3n) is 6.32. The first-order chi connectivity index (χ1) is 15.7. The van der Waals surface area contributed by atoms with Crippen molar-refractivity contribution in [2.45, 2.75) is 6.92 Å². The van der Waals surface area contributed by atoms with E-state index < -0.39 is 0 Å². The van der Waals surface area contributed by atoms with Crippen LogP contribution in [0.1, 0.15) is 5.56 Å². The van der Waals surface area contributed by atoms with Crippen molar-refractivity contribution in [3.05, 3.63) is 71.6 Å². The fourth-order valence-electron chi connectivity index (χ4n) is 4.49. The second kappa shape index (κ2) is 8.90. The number of piperazine rings is 1. The van der Waals surface area contributed by atoms with E-state index in [1.807, 2.05) is 25.1 Å². The minimum Gasteiger partial charge on any atom is -0.391 e. The van der Waals surface area contributed by atoms with Gasteiger partial charge in [-0.1, -0.05) is 48.0 Å². The van der Waals surface area contributed by atoms with Gasteiger partial charge in [-0.2, -0.15) is 0 Å². The molecule has 0 bridgehead atoms. The van der Waals surface area contributed by atoms with Gasteiger partial charge in [0.1, 0.15) is 18.7 Å². The lowest BCUT2D eigenvalue weighted by atomic mass is 10.1. The second-order valence-electron chi connectivity index (χ2n) is 8.32. The van der Waals surface area contributed by atoms with Crippen LogP contribution in [0.25, 0.3) is 27.8 Å². The van der Waals surface area contributed by atoms with E-state index in [1.54, 1.807) is 6.33 Å². The van der Waals surface area contributed by atoms with Crippen molar-refractivity contribution in [3.8, 4) is 16.8 Å². The Kier molecular flexibility index (Phi) is 5.83. The molecule has 0 atom stereocenters. The lowest BCUT2D eigenvalue weighted by Gasteiger charge is -2.33. The molecule has 2 aromatic heterocycles. The molecule has 32 heavy (non-hydrogen) atoms. The molecule has 4 aromatic rings. The van der Waals surface area contributed by atoms with E-state index in [-0.39, 0.29) is 6.61 Å². The van der Waals surface area contributed by atoms with Crippen molar-refractivity contribution in [2.75, 3.05) is 44.2 Å². The Bertz CT molecular complexity index is 1230. The standard InChI is InChI=1S/C25H26ClN5O/c1-18-7-8-20(15-22(18)26)31-16-21(19-5-3-2-4-6-19)23-24(27-17-28-25(23)31)30-11-9-29(10-12-30)13-14-32/h2-8,15-17,32H,9-14H2,1H3/p+1. The highest BCUT2D eigenvalue weighted by molar-refractivity contribution is 6.31. The Labute approximate surface area is 192 Å². The molecule has 1 aliphatic heterocycles. The van der Waals surface area contributed by atoms with Crippen LogP contribution in [0.15, 0.2) is 61.1 Å². The van der Waals surface area contributed by atoms with E-state index in [2.05, 4.69) is 46.0 Å². The topological polar surface area (TPSA) is 58.6 Å². The molecular formula is C25H27ClN5O+. The largest absolute Gasteiger partial charge is 0.391 e. The summed E-state index contributed by atoms with van der Waals surface area (Å²) >= 11 is 6.46. The van der Waals surface area contributed by atoms with Gasteiger partial charge in [-0.05, 0) is 30.2 Å². The lowest BCUT2D eigenvalue weighted by Crippen LogP contribution is -3.15. The molecule has 2 N–H and O–H groups in total. The van der Waals surface area contributed by atoms with E-state index in [0.29, 0.717) is 0 Å². The fraction of sp³-hybridized carbons (Fsp3) is 0.280. The van der Waals surface area contributed by atoms with E-state index in [4.69, 9.17) is 21.6 Å². The maximum Gasteiger partial charge on any atom is 0.150 e. The van der Waals surface area contributed by atoms with Crippen LogP contribution in [0.4, 0.5) is 5.82 Å². The molecule has 1 saturated heterocycles. The molecule has 2 aromatic carbocycles. The number of quaternary nitrogens is 1. The number of hydrogen-bond donors (Lipinski definition) is 2. The number of benzene rings is 2. The number of fused-ring (bicyclic) bond motifs is 1. The molecule has 0 radical (unpaired) electrons. The first-order valence-electron chi connectivity index (χ1n) is 11.0. The molecule has 7 heteroatoms. The second-order valence-corrected chi connectivity index (χ2v) is 8.73. The molecule has 6 nitrogen and oxygen atoms in total. The molecule has 1 fully saturated rings. The number of aliphatic hydroxyl groups excluding tert-OH is 1. The average Bonchev–Trinajstić information content (AvgIpc) is 3.22. The number of nitrogens with one attached hydrogen (secondary N) is 1. The number of halogens is 1. The first kappa shape index (κ1) is 20.9. The monoisotopic (exact) mass is 448 g/mol. The van der Waals surface area contributed by atoms with E-state index >= 15 is 0 Å². The highest BCUT2D eigenvalue weighted by Crippen LogP contribution is 2.37. The summed E-state index contributed by atoms with van der Waals surface area (Å²) in [4.78, 5) is 13.2. The number of anilines is 1. The van der Waals surface area contributed by atoms with Crippen molar-refractivity contribution >= 4 is 28.5 Å². The van der Waals surface area contributed by atoms with Gasteiger partial charge in [-0.15, -0.1) is 0 Å². The number of nitrogens with zero attached hydrogens (tertiary/aromatic N) is 4. The van der Waals surface area contributed by atoms with Crippen molar-refractivity contribution in [1.82, 2.24) is 14.5 Å². The molecule has 5 rings (SSSR count). The number of rotatable bonds is 5. The van der Waals surface area contributed by atoms with Gasteiger partial charge in [0.15, 0.2) is 5.65 Å². The average molecular weight is 449 g/mol. The third-order valence-corrected chi connectivity index (χ3v) is 6.72. The SMILES string of the molecule is Cc1ccc(-n2cc(-c3ccccc3)c3c(N4CC[NH+](CCO)CC4)ncnc32)cc1Cl. The minimum atomic E-state index is 0.229. The van der Waals surface area contributed by atoms with Crippen LogP contribution in [0.5, 0.6) is 0 Å².